The second kappa shape index (κ2) is 4.59. The van der Waals surface area contributed by atoms with Crippen LogP contribution in [0.15, 0.2) is 18.2 Å². The van der Waals surface area contributed by atoms with Crippen molar-refractivity contribution in [1.29, 1.82) is 0 Å². The third-order valence-corrected chi connectivity index (χ3v) is 3.48. The zero-order chi connectivity index (χ0) is 13.4. The number of aromatic hydroxyl groups is 1. The van der Waals surface area contributed by atoms with Gasteiger partial charge >= 0.3 is 5.97 Å². The second-order valence-corrected chi connectivity index (χ2v) is 4.70. The molecule has 1 aromatic carbocycles. The van der Waals surface area contributed by atoms with Gasteiger partial charge in [0.25, 0.3) is 0 Å². The molecule has 0 fully saturated rings. The normalized spacial score (nSPS) is 18.3. The number of H-pyrrole nitrogens is 1. The van der Waals surface area contributed by atoms with E-state index in [1.165, 1.54) is 0 Å². The summed E-state index contributed by atoms with van der Waals surface area (Å²) in [6.45, 7) is 2.79. The van der Waals surface area contributed by atoms with Crippen molar-refractivity contribution in [3.63, 3.8) is 0 Å². The molecule has 3 rings (SSSR count). The molecule has 1 atom stereocenters. The highest BCUT2D eigenvalue weighted by Gasteiger charge is 2.27. The fourth-order valence-corrected chi connectivity index (χ4v) is 2.59. The minimum absolute atomic E-state index is 0.220. The topological polar surface area (TPSA) is 74.4 Å². The summed E-state index contributed by atoms with van der Waals surface area (Å²) < 4.78 is 5.05. The minimum atomic E-state index is -0.311. The number of hydrogen-bond acceptors (Lipinski definition) is 4. The lowest BCUT2D eigenvalue weighted by molar-refractivity contribution is -0.145. The van der Waals surface area contributed by atoms with E-state index in [1.807, 2.05) is 6.07 Å². The van der Waals surface area contributed by atoms with Gasteiger partial charge in [-0.1, -0.05) is 0 Å². The number of nitrogens with one attached hydrogen (secondary N) is 2. The number of ether oxygens (including phenoxy) is 1. The van der Waals surface area contributed by atoms with Crippen molar-refractivity contribution in [3.05, 3.63) is 29.5 Å². The first-order valence-corrected chi connectivity index (χ1v) is 6.41. The number of esters is 1. The van der Waals surface area contributed by atoms with E-state index in [2.05, 4.69) is 10.3 Å². The van der Waals surface area contributed by atoms with Crippen molar-refractivity contribution < 1.29 is 14.6 Å². The molecule has 0 bridgehead atoms. The second-order valence-electron chi connectivity index (χ2n) is 4.70. The van der Waals surface area contributed by atoms with Crippen LogP contribution >= 0.6 is 0 Å². The summed E-state index contributed by atoms with van der Waals surface area (Å²) in [6, 6.07) is 4.93. The number of fused-ring (bicyclic) bond motifs is 3. The molecule has 0 saturated carbocycles. The van der Waals surface area contributed by atoms with Gasteiger partial charge in [0, 0.05) is 29.6 Å². The first-order chi connectivity index (χ1) is 9.19. The van der Waals surface area contributed by atoms with Crippen LogP contribution in [0.4, 0.5) is 0 Å². The third kappa shape index (κ3) is 2.06. The maximum Gasteiger partial charge on any atom is 0.323 e. The Morgan fingerprint density at radius 2 is 2.37 bits per heavy atom. The third-order valence-electron chi connectivity index (χ3n) is 3.48. The monoisotopic (exact) mass is 260 g/mol. The van der Waals surface area contributed by atoms with Gasteiger partial charge in [-0.25, -0.2) is 0 Å². The van der Waals surface area contributed by atoms with Gasteiger partial charge < -0.3 is 14.8 Å². The van der Waals surface area contributed by atoms with E-state index in [-0.39, 0.29) is 17.8 Å². The van der Waals surface area contributed by atoms with E-state index in [9.17, 15) is 9.90 Å². The molecule has 0 amide bonds. The summed E-state index contributed by atoms with van der Waals surface area (Å²) in [5.41, 5.74) is 3.14. The van der Waals surface area contributed by atoms with E-state index in [0.29, 0.717) is 19.6 Å². The molecule has 0 saturated heterocycles. The van der Waals surface area contributed by atoms with Crippen molar-refractivity contribution in [2.45, 2.75) is 25.9 Å². The van der Waals surface area contributed by atoms with Gasteiger partial charge in [-0.2, -0.15) is 0 Å². The molecule has 0 radical (unpaired) electrons. The predicted octanol–water partition coefficient (Wildman–Crippen LogP) is 1.45. The van der Waals surface area contributed by atoms with E-state index in [0.717, 1.165) is 22.2 Å². The van der Waals surface area contributed by atoms with Crippen molar-refractivity contribution in [2.75, 3.05) is 6.61 Å². The van der Waals surface area contributed by atoms with Crippen LogP contribution in [0.2, 0.25) is 0 Å². The van der Waals surface area contributed by atoms with Gasteiger partial charge in [-0.15, -0.1) is 0 Å². The molecule has 2 aromatic rings. The van der Waals surface area contributed by atoms with Crippen LogP contribution in [0.25, 0.3) is 10.9 Å². The first-order valence-electron chi connectivity index (χ1n) is 6.41. The van der Waals surface area contributed by atoms with E-state index < -0.39 is 0 Å². The van der Waals surface area contributed by atoms with Crippen LogP contribution in [-0.4, -0.2) is 28.7 Å². The van der Waals surface area contributed by atoms with Gasteiger partial charge in [-0.3, -0.25) is 10.1 Å². The Morgan fingerprint density at radius 3 is 3.16 bits per heavy atom. The van der Waals surface area contributed by atoms with Gasteiger partial charge in [0.05, 0.1) is 6.61 Å². The smallest absolute Gasteiger partial charge is 0.323 e. The van der Waals surface area contributed by atoms with Gasteiger partial charge in [-0.05, 0) is 30.7 Å². The lowest BCUT2D eigenvalue weighted by Crippen LogP contribution is -2.42. The number of aromatic nitrogens is 1. The standard InChI is InChI=1S/C14H16N2O3/c1-2-19-14(18)12-6-10-9-5-8(17)3-4-11(9)16-13(10)7-15-12/h3-5,12,15-17H,2,6-7H2,1H3. The molecule has 100 valence electrons. The molecule has 1 aliphatic heterocycles. The average Bonchev–Trinajstić information content (AvgIpc) is 2.76. The summed E-state index contributed by atoms with van der Waals surface area (Å²) in [7, 11) is 0. The Bertz CT molecular complexity index is 633. The fraction of sp³-hybridized carbons (Fsp3) is 0.357. The van der Waals surface area contributed by atoms with E-state index in [4.69, 9.17) is 4.74 Å². The Kier molecular flexibility index (Phi) is 2.91. The molecule has 3 N–H and O–H groups in total. The number of rotatable bonds is 2. The summed E-state index contributed by atoms with van der Waals surface area (Å²) in [5.74, 6) is 0.0168. The highest BCUT2D eigenvalue weighted by molar-refractivity contribution is 5.87. The number of benzene rings is 1. The molecule has 5 heteroatoms. The minimum Gasteiger partial charge on any atom is -0.508 e. The Balaban J connectivity index is 1.97. The van der Waals surface area contributed by atoms with Crippen molar-refractivity contribution in [3.8, 4) is 5.75 Å². The maximum absolute atomic E-state index is 11.8. The molecular weight excluding hydrogens is 244 g/mol. The largest absolute Gasteiger partial charge is 0.508 e. The summed E-state index contributed by atoms with van der Waals surface area (Å²) >= 11 is 0. The van der Waals surface area contributed by atoms with Gasteiger partial charge in [0.1, 0.15) is 11.8 Å². The lowest BCUT2D eigenvalue weighted by atomic mass is 9.98. The van der Waals surface area contributed by atoms with Crippen LogP contribution in [-0.2, 0) is 22.5 Å². The number of phenolic OH excluding ortho intramolecular Hbond substituents is 1. The highest BCUT2D eigenvalue weighted by Crippen LogP contribution is 2.29. The van der Waals surface area contributed by atoms with Crippen LogP contribution in [0.5, 0.6) is 5.75 Å². The molecule has 1 unspecified atom stereocenters. The predicted molar refractivity (Wildman–Crippen MR) is 70.9 cm³/mol. The summed E-state index contributed by atoms with van der Waals surface area (Å²) in [6.07, 6.45) is 0.581. The van der Waals surface area contributed by atoms with Crippen molar-refractivity contribution in [1.82, 2.24) is 10.3 Å². The number of phenols is 1. The molecule has 5 nitrogen and oxygen atoms in total. The highest BCUT2D eigenvalue weighted by atomic mass is 16.5. The van der Waals surface area contributed by atoms with Crippen molar-refractivity contribution >= 4 is 16.9 Å². The van der Waals surface area contributed by atoms with Crippen LogP contribution in [0, 0.1) is 0 Å². The van der Waals surface area contributed by atoms with Crippen LogP contribution in [0.1, 0.15) is 18.2 Å². The van der Waals surface area contributed by atoms with Gasteiger partial charge in [0.2, 0.25) is 0 Å². The quantitative estimate of drug-likeness (QED) is 0.714. The van der Waals surface area contributed by atoms with Crippen LogP contribution < -0.4 is 5.32 Å². The number of carbonyl (C=O) groups is 1. The number of hydrogen-bond donors (Lipinski definition) is 3. The molecule has 1 aromatic heterocycles. The van der Waals surface area contributed by atoms with Crippen LogP contribution in [0.3, 0.4) is 0 Å². The number of aromatic amines is 1. The van der Waals surface area contributed by atoms with Crippen molar-refractivity contribution in [2.24, 2.45) is 0 Å². The molecule has 19 heavy (non-hydrogen) atoms. The van der Waals surface area contributed by atoms with E-state index in [1.54, 1.807) is 19.1 Å². The molecular formula is C14H16N2O3. The van der Waals surface area contributed by atoms with Gasteiger partial charge in [0.15, 0.2) is 0 Å². The average molecular weight is 260 g/mol. The summed E-state index contributed by atoms with van der Waals surface area (Å²) in [5, 5.41) is 13.7. The Morgan fingerprint density at radius 1 is 1.53 bits per heavy atom. The SMILES string of the molecule is CCOC(=O)C1Cc2c([nH]c3ccc(O)cc23)CN1. The molecule has 2 heterocycles. The maximum atomic E-state index is 11.8. The first kappa shape index (κ1) is 12.0. The Hall–Kier alpha value is -2.01. The van der Waals surface area contributed by atoms with E-state index >= 15 is 0 Å². The zero-order valence-corrected chi connectivity index (χ0v) is 10.7. The fourth-order valence-electron chi connectivity index (χ4n) is 2.59. The molecule has 0 spiro atoms. The summed E-state index contributed by atoms with van der Waals surface area (Å²) in [4.78, 5) is 15.1. The zero-order valence-electron chi connectivity index (χ0n) is 10.7. The number of carbonyl (C=O) groups excluding carboxylic acids is 1. The molecule has 1 aliphatic rings. The lowest BCUT2D eigenvalue weighted by Gasteiger charge is -2.22. The Labute approximate surface area is 110 Å². The molecule has 0 aliphatic carbocycles.